The average Bonchev–Trinajstić information content (AvgIpc) is 2.90. The van der Waals surface area contributed by atoms with Gasteiger partial charge in [0, 0.05) is 6.20 Å². The second kappa shape index (κ2) is 4.28. The van der Waals surface area contributed by atoms with Crippen molar-refractivity contribution in [1.82, 2.24) is 10.4 Å². The van der Waals surface area contributed by atoms with E-state index in [0.717, 1.165) is 5.69 Å². The summed E-state index contributed by atoms with van der Waals surface area (Å²) in [5, 5.41) is 3.75. The van der Waals surface area contributed by atoms with Gasteiger partial charge in [-0.25, -0.2) is 5.43 Å². The highest BCUT2D eigenvalue weighted by Gasteiger charge is 2.05. The fraction of sp³-hybridized carbons (Fsp3) is 0. The normalized spacial score (nSPS) is 10.7. The van der Waals surface area contributed by atoms with Crippen molar-refractivity contribution in [3.05, 3.63) is 48.2 Å². The molecule has 0 radical (unpaired) electrons. The van der Waals surface area contributed by atoms with E-state index in [1.54, 1.807) is 18.3 Å². The Kier molecular flexibility index (Phi) is 2.64. The Bertz CT molecular complexity index is 443. The minimum atomic E-state index is -0.372. The van der Waals surface area contributed by atoms with Crippen LogP contribution < -0.4 is 5.43 Å². The van der Waals surface area contributed by atoms with Crippen LogP contribution in [0.1, 0.15) is 16.2 Å². The van der Waals surface area contributed by atoms with Crippen LogP contribution in [0.15, 0.2) is 46.2 Å². The number of nitrogens with zero attached hydrogens (tertiary/aromatic N) is 1. The van der Waals surface area contributed by atoms with E-state index in [9.17, 15) is 4.79 Å². The zero-order valence-electron chi connectivity index (χ0n) is 7.81. The molecule has 2 aromatic heterocycles. The van der Waals surface area contributed by atoms with E-state index in [0.29, 0.717) is 0 Å². The Morgan fingerprint density at radius 2 is 2.40 bits per heavy atom. The smallest absolute Gasteiger partial charge is 0.307 e. The number of furan rings is 1. The van der Waals surface area contributed by atoms with Crippen LogP contribution in [-0.2, 0) is 0 Å². The number of hydrogen-bond donors (Lipinski definition) is 2. The first kappa shape index (κ1) is 9.26. The Hall–Kier alpha value is -2.30. The van der Waals surface area contributed by atoms with Gasteiger partial charge in [0.1, 0.15) is 0 Å². The SMILES string of the molecule is O=C(NN=Cc1ccc[nH]1)c1ccco1. The van der Waals surface area contributed by atoms with Gasteiger partial charge >= 0.3 is 5.91 Å². The lowest BCUT2D eigenvalue weighted by Gasteiger charge is -1.93. The first-order valence-corrected chi connectivity index (χ1v) is 4.36. The third-order valence-electron chi connectivity index (χ3n) is 1.74. The lowest BCUT2D eigenvalue weighted by molar-refractivity contribution is 0.0927. The molecule has 0 aliphatic carbocycles. The van der Waals surface area contributed by atoms with Gasteiger partial charge in [-0.1, -0.05) is 0 Å². The molecule has 2 rings (SSSR count). The lowest BCUT2D eigenvalue weighted by atomic mass is 10.4. The first-order chi connectivity index (χ1) is 7.36. The van der Waals surface area contributed by atoms with Gasteiger partial charge in [0.15, 0.2) is 5.76 Å². The van der Waals surface area contributed by atoms with Gasteiger partial charge in [-0.3, -0.25) is 4.79 Å². The van der Waals surface area contributed by atoms with E-state index in [2.05, 4.69) is 15.5 Å². The van der Waals surface area contributed by atoms with Crippen LogP contribution in [-0.4, -0.2) is 17.1 Å². The minimum Gasteiger partial charge on any atom is -0.459 e. The molecule has 15 heavy (non-hydrogen) atoms. The van der Waals surface area contributed by atoms with E-state index in [4.69, 9.17) is 4.42 Å². The Morgan fingerprint density at radius 3 is 3.07 bits per heavy atom. The van der Waals surface area contributed by atoms with E-state index in [1.807, 2.05) is 12.1 Å². The van der Waals surface area contributed by atoms with Gasteiger partial charge in [0.05, 0.1) is 18.2 Å². The van der Waals surface area contributed by atoms with Crippen LogP contribution >= 0.6 is 0 Å². The summed E-state index contributed by atoms with van der Waals surface area (Å²) in [6.45, 7) is 0. The summed E-state index contributed by atoms with van der Waals surface area (Å²) in [6, 6.07) is 6.89. The maximum Gasteiger partial charge on any atom is 0.307 e. The molecule has 0 fully saturated rings. The first-order valence-electron chi connectivity index (χ1n) is 4.36. The molecule has 0 aliphatic heterocycles. The number of aromatic nitrogens is 1. The molecule has 0 aromatic carbocycles. The molecule has 0 bridgehead atoms. The lowest BCUT2D eigenvalue weighted by Crippen LogP contribution is -2.16. The molecule has 0 saturated heterocycles. The van der Waals surface area contributed by atoms with Gasteiger partial charge in [-0.15, -0.1) is 0 Å². The van der Waals surface area contributed by atoms with Gasteiger partial charge in [0.25, 0.3) is 0 Å². The molecule has 2 heterocycles. The molecular weight excluding hydrogens is 194 g/mol. The summed E-state index contributed by atoms with van der Waals surface area (Å²) >= 11 is 0. The highest BCUT2D eigenvalue weighted by molar-refractivity contribution is 5.92. The molecule has 0 aliphatic rings. The number of nitrogens with one attached hydrogen (secondary N) is 2. The van der Waals surface area contributed by atoms with Gasteiger partial charge < -0.3 is 9.40 Å². The van der Waals surface area contributed by atoms with Gasteiger partial charge in [0.2, 0.25) is 0 Å². The number of aromatic amines is 1. The Morgan fingerprint density at radius 1 is 1.47 bits per heavy atom. The standard InChI is InChI=1S/C10H9N3O2/c14-10(9-4-2-6-15-9)13-12-7-8-3-1-5-11-8/h1-7,11H,(H,13,14). The van der Waals surface area contributed by atoms with E-state index in [1.165, 1.54) is 12.5 Å². The molecule has 2 aromatic rings. The number of amides is 1. The molecule has 0 unspecified atom stereocenters. The van der Waals surface area contributed by atoms with Crippen molar-refractivity contribution in [2.45, 2.75) is 0 Å². The molecule has 0 saturated carbocycles. The van der Waals surface area contributed by atoms with Crippen molar-refractivity contribution in [3.63, 3.8) is 0 Å². The second-order valence-corrected chi connectivity index (χ2v) is 2.80. The third-order valence-corrected chi connectivity index (χ3v) is 1.74. The van der Waals surface area contributed by atoms with E-state index >= 15 is 0 Å². The maximum atomic E-state index is 11.3. The monoisotopic (exact) mass is 203 g/mol. The number of carbonyl (C=O) groups is 1. The van der Waals surface area contributed by atoms with Crippen molar-refractivity contribution >= 4 is 12.1 Å². The molecule has 0 atom stereocenters. The molecule has 76 valence electrons. The Labute approximate surface area is 85.8 Å². The summed E-state index contributed by atoms with van der Waals surface area (Å²) in [5.74, 6) is -0.138. The molecule has 5 nitrogen and oxygen atoms in total. The summed E-state index contributed by atoms with van der Waals surface area (Å²) < 4.78 is 4.89. The number of rotatable bonds is 3. The second-order valence-electron chi connectivity index (χ2n) is 2.80. The quantitative estimate of drug-likeness (QED) is 0.584. The summed E-state index contributed by atoms with van der Waals surface area (Å²) in [5.41, 5.74) is 3.15. The zero-order valence-corrected chi connectivity index (χ0v) is 7.81. The van der Waals surface area contributed by atoms with Crippen LogP contribution in [0.5, 0.6) is 0 Å². The van der Waals surface area contributed by atoms with Gasteiger partial charge in [-0.2, -0.15) is 5.10 Å². The third kappa shape index (κ3) is 2.34. The predicted molar refractivity (Wildman–Crippen MR) is 54.6 cm³/mol. The van der Waals surface area contributed by atoms with Crippen LogP contribution in [0.3, 0.4) is 0 Å². The van der Waals surface area contributed by atoms with Crippen molar-refractivity contribution in [2.24, 2.45) is 5.10 Å². The van der Waals surface area contributed by atoms with E-state index < -0.39 is 0 Å². The topological polar surface area (TPSA) is 70.4 Å². The highest BCUT2D eigenvalue weighted by Crippen LogP contribution is 1.98. The number of hydrogen-bond acceptors (Lipinski definition) is 3. The molecular formula is C10H9N3O2. The maximum absolute atomic E-state index is 11.3. The van der Waals surface area contributed by atoms with Crippen molar-refractivity contribution in [3.8, 4) is 0 Å². The molecule has 1 amide bonds. The average molecular weight is 203 g/mol. The summed E-state index contributed by atoms with van der Waals surface area (Å²) in [7, 11) is 0. The summed E-state index contributed by atoms with van der Waals surface area (Å²) in [6.07, 6.45) is 4.72. The largest absolute Gasteiger partial charge is 0.459 e. The van der Waals surface area contributed by atoms with Crippen molar-refractivity contribution in [1.29, 1.82) is 0 Å². The van der Waals surface area contributed by atoms with Crippen LogP contribution in [0, 0.1) is 0 Å². The number of carbonyl (C=O) groups excluding carboxylic acids is 1. The molecule has 2 N–H and O–H groups in total. The Balaban J connectivity index is 1.91. The summed E-state index contributed by atoms with van der Waals surface area (Å²) in [4.78, 5) is 14.2. The fourth-order valence-corrected chi connectivity index (χ4v) is 1.05. The number of H-pyrrole nitrogens is 1. The predicted octanol–water partition coefficient (Wildman–Crippen LogP) is 1.37. The van der Waals surface area contributed by atoms with Crippen molar-refractivity contribution in [2.75, 3.05) is 0 Å². The van der Waals surface area contributed by atoms with Crippen molar-refractivity contribution < 1.29 is 9.21 Å². The van der Waals surface area contributed by atoms with Gasteiger partial charge in [-0.05, 0) is 24.3 Å². The number of hydrazone groups is 1. The zero-order chi connectivity index (χ0) is 10.5. The van der Waals surface area contributed by atoms with Crippen LogP contribution in [0.4, 0.5) is 0 Å². The molecule has 5 heteroatoms. The van der Waals surface area contributed by atoms with E-state index in [-0.39, 0.29) is 11.7 Å². The van der Waals surface area contributed by atoms with Crippen LogP contribution in [0.2, 0.25) is 0 Å². The minimum absolute atomic E-state index is 0.235. The highest BCUT2D eigenvalue weighted by atomic mass is 16.3. The van der Waals surface area contributed by atoms with Crippen LogP contribution in [0.25, 0.3) is 0 Å². The molecule has 0 spiro atoms. The fourth-order valence-electron chi connectivity index (χ4n) is 1.05.